The van der Waals surface area contributed by atoms with Gasteiger partial charge in [-0.3, -0.25) is 14.4 Å². The zero-order chi connectivity index (χ0) is 25.9. The molecule has 0 unspecified atom stereocenters. The predicted octanol–water partition coefficient (Wildman–Crippen LogP) is 1.85. The second-order valence-electron chi connectivity index (χ2n) is 9.88. The molecule has 5 rings (SSSR count). The van der Waals surface area contributed by atoms with Gasteiger partial charge in [-0.2, -0.15) is 0 Å². The van der Waals surface area contributed by atoms with Gasteiger partial charge in [-0.15, -0.1) is 0 Å². The SMILES string of the molecule is COc1cccc2cc3c(cc12)C(=O)C1=C(C[C@@](O)(C(C)=O)C[C@@H]1O[C@H]1C[C@H](N)[C@H](O)[C@H](C)O1)C3=O. The molecule has 2 aliphatic carbocycles. The van der Waals surface area contributed by atoms with E-state index in [0.717, 1.165) is 5.39 Å². The van der Waals surface area contributed by atoms with E-state index in [1.54, 1.807) is 31.2 Å². The molecule has 2 aromatic rings. The highest BCUT2D eigenvalue weighted by molar-refractivity contribution is 6.29. The van der Waals surface area contributed by atoms with Crippen LogP contribution in [0.5, 0.6) is 5.75 Å². The molecule has 1 saturated heterocycles. The van der Waals surface area contributed by atoms with Crippen molar-refractivity contribution in [2.75, 3.05) is 7.11 Å². The fourth-order valence-corrected chi connectivity index (χ4v) is 5.45. The maximum atomic E-state index is 13.9. The standard InChI is InChI=1S/C27H29NO8/c1-12-24(30)19(28)9-22(35-12)36-21-11-27(33,13(2)29)10-18-23(21)26(32)17-8-15-14(7-16(17)25(18)31)5-4-6-20(15)34-3/h4-8,12,19,21-22,24,30,33H,9-11,28H2,1-3H3/t12-,19-,21-,22-,24+,27-/m0/s1. The number of ether oxygens (including phenoxy) is 3. The van der Waals surface area contributed by atoms with Crippen LogP contribution in [0.4, 0.5) is 0 Å². The number of fused-ring (bicyclic) bond motifs is 2. The van der Waals surface area contributed by atoms with Crippen LogP contribution >= 0.6 is 0 Å². The topological polar surface area (TPSA) is 145 Å². The van der Waals surface area contributed by atoms with Crippen molar-refractivity contribution in [3.63, 3.8) is 0 Å². The minimum Gasteiger partial charge on any atom is -0.496 e. The van der Waals surface area contributed by atoms with E-state index >= 15 is 0 Å². The molecule has 1 heterocycles. The first-order valence-corrected chi connectivity index (χ1v) is 11.9. The van der Waals surface area contributed by atoms with Crippen molar-refractivity contribution >= 4 is 28.1 Å². The smallest absolute Gasteiger partial charge is 0.192 e. The van der Waals surface area contributed by atoms with Crippen molar-refractivity contribution in [2.45, 2.75) is 69.4 Å². The number of hydrogen-bond donors (Lipinski definition) is 3. The van der Waals surface area contributed by atoms with E-state index in [0.29, 0.717) is 11.1 Å². The molecule has 2 aromatic carbocycles. The lowest BCUT2D eigenvalue weighted by atomic mass is 9.69. The van der Waals surface area contributed by atoms with Crippen LogP contribution in [0.1, 0.15) is 53.8 Å². The molecule has 190 valence electrons. The van der Waals surface area contributed by atoms with E-state index in [1.165, 1.54) is 14.0 Å². The Morgan fingerprint density at radius 2 is 1.92 bits per heavy atom. The lowest BCUT2D eigenvalue weighted by Gasteiger charge is -2.42. The van der Waals surface area contributed by atoms with Crippen molar-refractivity contribution in [1.82, 2.24) is 0 Å². The van der Waals surface area contributed by atoms with E-state index in [1.807, 2.05) is 6.07 Å². The molecule has 0 aromatic heterocycles. The molecule has 4 N–H and O–H groups in total. The highest BCUT2D eigenvalue weighted by Crippen LogP contribution is 2.43. The van der Waals surface area contributed by atoms with Crippen molar-refractivity contribution < 1.29 is 38.8 Å². The fourth-order valence-electron chi connectivity index (χ4n) is 5.45. The summed E-state index contributed by atoms with van der Waals surface area (Å²) >= 11 is 0. The quantitative estimate of drug-likeness (QED) is 0.578. The average molecular weight is 496 g/mol. The van der Waals surface area contributed by atoms with Gasteiger partial charge in [0.15, 0.2) is 23.6 Å². The maximum absolute atomic E-state index is 13.9. The number of benzene rings is 2. The highest BCUT2D eigenvalue weighted by atomic mass is 16.7. The Bertz CT molecular complexity index is 1300. The fraction of sp³-hybridized carbons (Fsp3) is 0.444. The number of hydrogen-bond acceptors (Lipinski definition) is 9. The summed E-state index contributed by atoms with van der Waals surface area (Å²) < 4.78 is 17.3. The molecule has 0 spiro atoms. The summed E-state index contributed by atoms with van der Waals surface area (Å²) in [6.45, 7) is 2.90. The number of carbonyl (C=O) groups is 3. The molecule has 3 aliphatic rings. The zero-order valence-corrected chi connectivity index (χ0v) is 20.3. The molecule has 0 saturated carbocycles. The van der Waals surface area contributed by atoms with Gasteiger partial charge in [0.2, 0.25) is 0 Å². The first-order chi connectivity index (χ1) is 17.0. The van der Waals surface area contributed by atoms with Gasteiger partial charge >= 0.3 is 0 Å². The maximum Gasteiger partial charge on any atom is 0.192 e. The van der Waals surface area contributed by atoms with Crippen LogP contribution in [0.25, 0.3) is 10.8 Å². The second kappa shape index (κ2) is 8.86. The molecular formula is C27H29NO8. The normalized spacial score (nSPS) is 32.3. The highest BCUT2D eigenvalue weighted by Gasteiger charge is 2.50. The first-order valence-electron chi connectivity index (χ1n) is 11.9. The van der Waals surface area contributed by atoms with E-state index in [4.69, 9.17) is 19.9 Å². The van der Waals surface area contributed by atoms with Crippen molar-refractivity contribution in [3.05, 3.63) is 52.6 Å². The Balaban J connectivity index is 1.60. The Kier molecular flexibility index (Phi) is 6.09. The Morgan fingerprint density at radius 3 is 2.58 bits per heavy atom. The summed E-state index contributed by atoms with van der Waals surface area (Å²) in [6.07, 6.45) is -3.83. The predicted molar refractivity (Wildman–Crippen MR) is 129 cm³/mol. The molecule has 9 nitrogen and oxygen atoms in total. The number of aliphatic hydroxyl groups is 2. The minimum absolute atomic E-state index is 0.0666. The van der Waals surface area contributed by atoms with Crippen LogP contribution in [-0.4, -0.2) is 70.9 Å². The van der Waals surface area contributed by atoms with Gasteiger partial charge in [0.05, 0.1) is 25.4 Å². The van der Waals surface area contributed by atoms with Gasteiger partial charge in [0, 0.05) is 53.0 Å². The number of Topliss-reactive ketones (excluding diaryl/α,β-unsaturated/α-hetero) is 3. The van der Waals surface area contributed by atoms with Crippen molar-refractivity contribution in [3.8, 4) is 5.75 Å². The van der Waals surface area contributed by atoms with Gasteiger partial charge in [-0.05, 0) is 37.4 Å². The third-order valence-corrected chi connectivity index (χ3v) is 7.57. The Labute approximate surface area is 207 Å². The molecule has 0 radical (unpaired) electrons. The average Bonchev–Trinajstić information content (AvgIpc) is 2.84. The van der Waals surface area contributed by atoms with Crippen molar-refractivity contribution in [2.24, 2.45) is 5.73 Å². The van der Waals surface area contributed by atoms with E-state index < -0.39 is 53.6 Å². The monoisotopic (exact) mass is 495 g/mol. The van der Waals surface area contributed by atoms with Crippen LogP contribution in [0.15, 0.2) is 41.5 Å². The summed E-state index contributed by atoms with van der Waals surface area (Å²) in [5.41, 5.74) is 4.75. The summed E-state index contributed by atoms with van der Waals surface area (Å²) in [7, 11) is 1.53. The summed E-state index contributed by atoms with van der Waals surface area (Å²) in [5.74, 6) is -0.796. The third-order valence-electron chi connectivity index (χ3n) is 7.57. The number of ketones is 3. The van der Waals surface area contributed by atoms with E-state index in [-0.39, 0.29) is 41.5 Å². The van der Waals surface area contributed by atoms with Crippen LogP contribution in [-0.2, 0) is 14.3 Å². The lowest BCUT2D eigenvalue weighted by Crippen LogP contribution is -2.54. The van der Waals surface area contributed by atoms with E-state index in [9.17, 15) is 24.6 Å². The van der Waals surface area contributed by atoms with Gasteiger partial charge in [-0.25, -0.2) is 0 Å². The molecule has 1 aliphatic heterocycles. The molecule has 9 heteroatoms. The first kappa shape index (κ1) is 24.7. The number of aliphatic hydroxyl groups excluding tert-OH is 1. The minimum atomic E-state index is -1.88. The van der Waals surface area contributed by atoms with Crippen LogP contribution in [0.2, 0.25) is 0 Å². The molecule has 6 atom stereocenters. The van der Waals surface area contributed by atoms with Gasteiger partial charge in [0.25, 0.3) is 0 Å². The van der Waals surface area contributed by atoms with Gasteiger partial charge in [-0.1, -0.05) is 12.1 Å². The zero-order valence-electron chi connectivity index (χ0n) is 20.3. The molecule has 0 amide bonds. The molecule has 36 heavy (non-hydrogen) atoms. The summed E-state index contributed by atoms with van der Waals surface area (Å²) in [5, 5.41) is 22.7. The number of nitrogens with two attached hydrogens (primary N) is 1. The van der Waals surface area contributed by atoms with Gasteiger partial charge in [0.1, 0.15) is 11.4 Å². The summed E-state index contributed by atoms with van der Waals surface area (Å²) in [4.78, 5) is 40.0. The van der Waals surface area contributed by atoms with Crippen molar-refractivity contribution in [1.29, 1.82) is 0 Å². The Hall–Kier alpha value is -2.95. The van der Waals surface area contributed by atoms with Crippen LogP contribution in [0.3, 0.4) is 0 Å². The van der Waals surface area contributed by atoms with Crippen LogP contribution in [0, 0.1) is 0 Å². The summed E-state index contributed by atoms with van der Waals surface area (Å²) in [6, 6.07) is 8.04. The number of methoxy groups -OCH3 is 1. The largest absolute Gasteiger partial charge is 0.496 e. The molecule has 1 fully saturated rings. The number of carbonyl (C=O) groups excluding carboxylic acids is 3. The van der Waals surface area contributed by atoms with E-state index in [2.05, 4.69) is 0 Å². The molecular weight excluding hydrogens is 466 g/mol. The lowest BCUT2D eigenvalue weighted by molar-refractivity contribution is -0.239. The van der Waals surface area contributed by atoms with Crippen LogP contribution < -0.4 is 10.5 Å². The third kappa shape index (κ3) is 3.88. The molecule has 0 bridgehead atoms. The number of rotatable bonds is 4. The van der Waals surface area contributed by atoms with Gasteiger partial charge < -0.3 is 30.2 Å². The second-order valence-corrected chi connectivity index (χ2v) is 9.88. The Morgan fingerprint density at radius 1 is 1.19 bits per heavy atom.